The summed E-state index contributed by atoms with van der Waals surface area (Å²) in [5, 5.41) is 3.19. The van der Waals surface area contributed by atoms with Gasteiger partial charge in [-0.1, -0.05) is 12.1 Å². The molecule has 1 atom stereocenters. The molecule has 112 valence electrons. The van der Waals surface area contributed by atoms with E-state index in [2.05, 4.69) is 10.0 Å². The van der Waals surface area contributed by atoms with Crippen molar-refractivity contribution in [1.82, 2.24) is 4.72 Å². The zero-order chi connectivity index (χ0) is 14.6. The molecule has 1 aliphatic heterocycles. The maximum absolute atomic E-state index is 12.3. The SMILES string of the molecule is CC(C)NS(=O)(=O)c1ccccc1NCC1CCCO1. The first-order valence-corrected chi connectivity index (χ1v) is 8.44. The molecule has 0 aliphatic carbocycles. The highest BCUT2D eigenvalue weighted by molar-refractivity contribution is 7.89. The lowest BCUT2D eigenvalue weighted by Gasteiger charge is -2.16. The first-order valence-electron chi connectivity index (χ1n) is 6.96. The fourth-order valence-corrected chi connectivity index (χ4v) is 3.68. The highest BCUT2D eigenvalue weighted by Crippen LogP contribution is 2.22. The summed E-state index contributed by atoms with van der Waals surface area (Å²) in [5.41, 5.74) is 0.621. The van der Waals surface area contributed by atoms with Gasteiger partial charge in [-0.2, -0.15) is 0 Å². The summed E-state index contributed by atoms with van der Waals surface area (Å²) >= 11 is 0. The van der Waals surface area contributed by atoms with E-state index in [1.165, 1.54) is 0 Å². The molecule has 1 fully saturated rings. The third-order valence-electron chi connectivity index (χ3n) is 3.11. The van der Waals surface area contributed by atoms with Gasteiger partial charge in [0.2, 0.25) is 10.0 Å². The van der Waals surface area contributed by atoms with Crippen molar-refractivity contribution in [2.24, 2.45) is 0 Å². The standard InChI is InChI=1S/C14H22N2O3S/c1-11(2)16-20(17,18)14-8-4-3-7-13(14)15-10-12-6-5-9-19-12/h3-4,7-8,11-12,15-16H,5-6,9-10H2,1-2H3. The maximum Gasteiger partial charge on any atom is 0.242 e. The Labute approximate surface area is 120 Å². The van der Waals surface area contributed by atoms with Crippen molar-refractivity contribution in [3.05, 3.63) is 24.3 Å². The van der Waals surface area contributed by atoms with E-state index in [1.54, 1.807) is 32.0 Å². The summed E-state index contributed by atoms with van der Waals surface area (Å²) in [6.07, 6.45) is 2.26. The van der Waals surface area contributed by atoms with Crippen molar-refractivity contribution in [2.45, 2.75) is 43.7 Å². The van der Waals surface area contributed by atoms with Gasteiger partial charge >= 0.3 is 0 Å². The Balaban J connectivity index is 2.13. The van der Waals surface area contributed by atoms with E-state index >= 15 is 0 Å². The van der Waals surface area contributed by atoms with E-state index < -0.39 is 10.0 Å². The molecule has 2 N–H and O–H groups in total. The minimum Gasteiger partial charge on any atom is -0.381 e. The van der Waals surface area contributed by atoms with Crippen LogP contribution in [0.5, 0.6) is 0 Å². The van der Waals surface area contributed by atoms with Crippen molar-refractivity contribution < 1.29 is 13.2 Å². The summed E-state index contributed by atoms with van der Waals surface area (Å²) in [4.78, 5) is 0.284. The molecule has 1 aromatic carbocycles. The van der Waals surface area contributed by atoms with E-state index in [0.717, 1.165) is 19.4 Å². The average molecular weight is 298 g/mol. The van der Waals surface area contributed by atoms with E-state index in [9.17, 15) is 8.42 Å². The van der Waals surface area contributed by atoms with Crippen LogP contribution in [0.15, 0.2) is 29.2 Å². The van der Waals surface area contributed by atoms with Crippen LogP contribution in [0.25, 0.3) is 0 Å². The Morgan fingerprint density at radius 1 is 1.35 bits per heavy atom. The Morgan fingerprint density at radius 2 is 2.10 bits per heavy atom. The van der Waals surface area contributed by atoms with Gasteiger partial charge in [-0.3, -0.25) is 0 Å². The number of hydrogen-bond acceptors (Lipinski definition) is 4. The summed E-state index contributed by atoms with van der Waals surface area (Å²) in [7, 11) is -3.49. The van der Waals surface area contributed by atoms with Crippen molar-refractivity contribution in [1.29, 1.82) is 0 Å². The van der Waals surface area contributed by atoms with Gasteiger partial charge < -0.3 is 10.1 Å². The van der Waals surface area contributed by atoms with Gasteiger partial charge in [0.15, 0.2) is 0 Å². The quantitative estimate of drug-likeness (QED) is 0.842. The zero-order valence-corrected chi connectivity index (χ0v) is 12.7. The number of rotatable bonds is 6. The summed E-state index contributed by atoms with van der Waals surface area (Å²) < 4.78 is 32.7. The highest BCUT2D eigenvalue weighted by Gasteiger charge is 2.20. The molecule has 0 radical (unpaired) electrons. The van der Waals surface area contributed by atoms with Crippen LogP contribution >= 0.6 is 0 Å². The molecule has 2 rings (SSSR count). The van der Waals surface area contributed by atoms with E-state index in [4.69, 9.17) is 4.74 Å². The zero-order valence-electron chi connectivity index (χ0n) is 11.9. The number of nitrogens with one attached hydrogen (secondary N) is 2. The van der Waals surface area contributed by atoms with Gasteiger partial charge in [0.05, 0.1) is 11.8 Å². The summed E-state index contributed by atoms with van der Waals surface area (Å²) in [6.45, 7) is 5.04. The normalized spacial score (nSPS) is 19.4. The molecule has 5 nitrogen and oxygen atoms in total. The van der Waals surface area contributed by atoms with Crippen LogP contribution in [0, 0.1) is 0 Å². The smallest absolute Gasteiger partial charge is 0.242 e. The molecule has 1 heterocycles. The molecule has 0 bridgehead atoms. The first-order chi connectivity index (χ1) is 9.49. The molecular weight excluding hydrogens is 276 g/mol. The van der Waals surface area contributed by atoms with Crippen LogP contribution in [0.3, 0.4) is 0 Å². The Bertz CT molecular complexity index is 537. The lowest BCUT2D eigenvalue weighted by Crippen LogP contribution is -2.31. The molecule has 1 aliphatic rings. The molecule has 1 aromatic rings. The van der Waals surface area contributed by atoms with E-state index in [-0.39, 0.29) is 17.0 Å². The van der Waals surface area contributed by atoms with Gasteiger partial charge in [-0.25, -0.2) is 13.1 Å². The largest absolute Gasteiger partial charge is 0.381 e. The van der Waals surface area contributed by atoms with Crippen molar-refractivity contribution >= 4 is 15.7 Å². The Kier molecular flexibility index (Phi) is 5.01. The molecule has 20 heavy (non-hydrogen) atoms. The average Bonchev–Trinajstić information content (AvgIpc) is 2.88. The van der Waals surface area contributed by atoms with E-state index in [1.807, 2.05) is 6.07 Å². The molecule has 1 saturated heterocycles. The highest BCUT2D eigenvalue weighted by atomic mass is 32.2. The maximum atomic E-state index is 12.3. The Hall–Kier alpha value is -1.11. The third-order valence-corrected chi connectivity index (χ3v) is 4.83. The number of anilines is 1. The van der Waals surface area contributed by atoms with Gasteiger partial charge in [0.1, 0.15) is 4.90 Å². The van der Waals surface area contributed by atoms with Gasteiger partial charge in [0, 0.05) is 19.2 Å². The minimum atomic E-state index is -3.49. The fraction of sp³-hybridized carbons (Fsp3) is 0.571. The fourth-order valence-electron chi connectivity index (χ4n) is 2.25. The molecule has 1 unspecified atom stereocenters. The number of para-hydroxylation sites is 1. The van der Waals surface area contributed by atoms with Crippen LogP contribution < -0.4 is 10.0 Å². The number of ether oxygens (including phenoxy) is 1. The topological polar surface area (TPSA) is 67.4 Å². The predicted molar refractivity (Wildman–Crippen MR) is 79.4 cm³/mol. The van der Waals surface area contributed by atoms with Gasteiger partial charge in [-0.05, 0) is 38.8 Å². The second-order valence-electron chi connectivity index (χ2n) is 5.29. The third kappa shape index (κ3) is 3.94. The van der Waals surface area contributed by atoms with Crippen molar-refractivity contribution in [3.8, 4) is 0 Å². The lowest BCUT2D eigenvalue weighted by molar-refractivity contribution is 0.120. The van der Waals surface area contributed by atoms with Crippen LogP contribution in [0.1, 0.15) is 26.7 Å². The van der Waals surface area contributed by atoms with Gasteiger partial charge in [0.25, 0.3) is 0 Å². The van der Waals surface area contributed by atoms with Gasteiger partial charge in [-0.15, -0.1) is 0 Å². The molecule has 0 saturated carbocycles. The monoisotopic (exact) mass is 298 g/mol. The summed E-state index contributed by atoms with van der Waals surface area (Å²) in [6, 6.07) is 6.82. The second kappa shape index (κ2) is 6.56. The first kappa shape index (κ1) is 15.3. The predicted octanol–water partition coefficient (Wildman–Crippen LogP) is 1.96. The van der Waals surface area contributed by atoms with Crippen LogP contribution in [0.4, 0.5) is 5.69 Å². The molecule has 0 aromatic heterocycles. The van der Waals surface area contributed by atoms with E-state index in [0.29, 0.717) is 12.2 Å². The van der Waals surface area contributed by atoms with Crippen LogP contribution in [-0.4, -0.2) is 33.7 Å². The Morgan fingerprint density at radius 3 is 2.75 bits per heavy atom. The second-order valence-corrected chi connectivity index (χ2v) is 6.97. The lowest BCUT2D eigenvalue weighted by atomic mass is 10.2. The molecule has 0 spiro atoms. The molecule has 6 heteroatoms. The summed E-state index contributed by atoms with van der Waals surface area (Å²) in [5.74, 6) is 0. The molecular formula is C14H22N2O3S. The van der Waals surface area contributed by atoms with Crippen molar-refractivity contribution in [3.63, 3.8) is 0 Å². The van der Waals surface area contributed by atoms with Crippen molar-refractivity contribution in [2.75, 3.05) is 18.5 Å². The number of sulfonamides is 1. The minimum absolute atomic E-state index is 0.133. The number of benzene rings is 1. The van der Waals surface area contributed by atoms with Crippen LogP contribution in [0.2, 0.25) is 0 Å². The van der Waals surface area contributed by atoms with Crippen LogP contribution in [-0.2, 0) is 14.8 Å². The number of hydrogen-bond donors (Lipinski definition) is 2. The molecule has 0 amide bonds.